The Kier molecular flexibility index (Phi) is 9.42. The summed E-state index contributed by atoms with van der Waals surface area (Å²) in [6.45, 7) is 5.58. The van der Waals surface area contributed by atoms with E-state index in [4.69, 9.17) is 16.3 Å². The minimum Gasteiger partial charge on any atom is -0.436 e. The fourth-order valence-corrected chi connectivity index (χ4v) is 1.72. The predicted molar refractivity (Wildman–Crippen MR) is 104 cm³/mol. The van der Waals surface area contributed by atoms with Gasteiger partial charge in [0, 0.05) is 25.1 Å². The van der Waals surface area contributed by atoms with Gasteiger partial charge in [-0.3, -0.25) is 4.99 Å². The van der Waals surface area contributed by atoms with E-state index in [-0.39, 0.29) is 11.0 Å². The molecule has 0 amide bonds. The molecule has 5 nitrogen and oxygen atoms in total. The summed E-state index contributed by atoms with van der Waals surface area (Å²) in [6.07, 6.45) is 6.85. The number of nitrogens with one attached hydrogen (secondary N) is 1. The molecule has 2 aromatic rings. The lowest BCUT2D eigenvalue weighted by Crippen LogP contribution is -2.08. The van der Waals surface area contributed by atoms with E-state index in [1.54, 1.807) is 7.05 Å². The zero-order valence-electron chi connectivity index (χ0n) is 14.7. The molecular weight excluding hydrogens is 336 g/mol. The molecule has 6 heteroatoms. The average molecular weight is 357 g/mol. The van der Waals surface area contributed by atoms with Crippen LogP contribution >= 0.6 is 11.6 Å². The molecular formula is C19H21ClN4O. The lowest BCUT2D eigenvalue weighted by Gasteiger charge is -2.08. The number of rotatable bonds is 4. The number of nitrogens with zero attached hydrogens (tertiary/aromatic N) is 3. The Morgan fingerprint density at radius 2 is 1.80 bits per heavy atom. The van der Waals surface area contributed by atoms with Gasteiger partial charge in [0.1, 0.15) is 11.6 Å². The minimum absolute atomic E-state index is 0.230. The lowest BCUT2D eigenvalue weighted by atomic mass is 10.3. The van der Waals surface area contributed by atoms with E-state index in [1.165, 1.54) is 12.4 Å². The average Bonchev–Trinajstić information content (AvgIpc) is 2.65. The standard InChI is InChI=1S/C15H15ClN4O.C4H6/c1-3-4-13(17-2)20-11-5-7-12(8-6-11)21-15-14(16)18-9-10-19-15;1-3-4-2/h3-10H,1-2H3,(H,17,20);1-2H3/b4-3-;. The van der Waals surface area contributed by atoms with Gasteiger partial charge in [-0.2, -0.15) is 0 Å². The maximum atomic E-state index is 5.89. The third-order valence-corrected chi connectivity index (χ3v) is 3.04. The van der Waals surface area contributed by atoms with Crippen molar-refractivity contribution in [2.24, 2.45) is 4.99 Å². The first-order valence-electron chi connectivity index (χ1n) is 7.59. The maximum absolute atomic E-state index is 5.89. The molecule has 0 fully saturated rings. The molecule has 0 atom stereocenters. The molecule has 0 saturated heterocycles. The number of allylic oxidation sites excluding steroid dienone is 1. The summed E-state index contributed by atoms with van der Waals surface area (Å²) in [5, 5.41) is 3.42. The van der Waals surface area contributed by atoms with Crippen LogP contribution in [0.2, 0.25) is 5.15 Å². The van der Waals surface area contributed by atoms with Crippen molar-refractivity contribution in [3.63, 3.8) is 0 Å². The number of amidine groups is 1. The first kappa shape index (κ1) is 20.2. The number of hydrogen-bond donors (Lipinski definition) is 1. The van der Waals surface area contributed by atoms with Gasteiger partial charge in [-0.05, 0) is 51.1 Å². The van der Waals surface area contributed by atoms with Crippen LogP contribution in [0.25, 0.3) is 0 Å². The van der Waals surface area contributed by atoms with E-state index in [0.717, 1.165) is 11.5 Å². The summed E-state index contributed by atoms with van der Waals surface area (Å²) < 4.78 is 5.57. The van der Waals surface area contributed by atoms with E-state index in [1.807, 2.05) is 57.2 Å². The highest BCUT2D eigenvalue weighted by molar-refractivity contribution is 6.30. The van der Waals surface area contributed by atoms with Crippen LogP contribution in [-0.2, 0) is 0 Å². The van der Waals surface area contributed by atoms with Crippen LogP contribution < -0.4 is 10.1 Å². The number of ether oxygens (including phenoxy) is 1. The van der Waals surface area contributed by atoms with Gasteiger partial charge in [0.15, 0.2) is 5.15 Å². The van der Waals surface area contributed by atoms with Crippen LogP contribution in [0.1, 0.15) is 20.8 Å². The fraction of sp³-hybridized carbons (Fsp3) is 0.211. The quantitative estimate of drug-likeness (QED) is 0.477. The van der Waals surface area contributed by atoms with Gasteiger partial charge in [0.2, 0.25) is 0 Å². The molecule has 1 heterocycles. The molecule has 25 heavy (non-hydrogen) atoms. The Hall–Kier alpha value is -2.84. The van der Waals surface area contributed by atoms with Crippen molar-refractivity contribution >= 4 is 23.1 Å². The number of halogens is 1. The molecule has 1 aromatic carbocycles. The van der Waals surface area contributed by atoms with E-state index in [0.29, 0.717) is 5.75 Å². The molecule has 0 spiro atoms. The summed E-state index contributed by atoms with van der Waals surface area (Å²) in [5.74, 6) is 7.05. The van der Waals surface area contributed by atoms with Gasteiger partial charge >= 0.3 is 0 Å². The Labute approximate surface area is 153 Å². The van der Waals surface area contributed by atoms with Crippen molar-refractivity contribution < 1.29 is 4.74 Å². The Balaban J connectivity index is 0.000000705. The molecule has 1 N–H and O–H groups in total. The fourth-order valence-electron chi connectivity index (χ4n) is 1.57. The number of aromatic nitrogens is 2. The van der Waals surface area contributed by atoms with Gasteiger partial charge < -0.3 is 10.1 Å². The molecule has 0 aliphatic carbocycles. The van der Waals surface area contributed by atoms with E-state index < -0.39 is 0 Å². The van der Waals surface area contributed by atoms with Gasteiger partial charge in [-0.25, -0.2) is 9.97 Å². The Bertz CT molecular complexity index is 768. The third kappa shape index (κ3) is 7.51. The van der Waals surface area contributed by atoms with Crippen LogP contribution in [0.4, 0.5) is 5.69 Å². The van der Waals surface area contributed by atoms with Crippen molar-refractivity contribution in [2.75, 3.05) is 12.4 Å². The van der Waals surface area contributed by atoms with Crippen LogP contribution in [0.15, 0.2) is 53.8 Å². The monoisotopic (exact) mass is 356 g/mol. The third-order valence-electron chi connectivity index (χ3n) is 2.78. The summed E-state index contributed by atoms with van der Waals surface area (Å²) in [6, 6.07) is 7.40. The van der Waals surface area contributed by atoms with Gasteiger partial charge in [-0.15, -0.1) is 11.8 Å². The van der Waals surface area contributed by atoms with E-state index in [2.05, 4.69) is 32.1 Å². The summed E-state index contributed by atoms with van der Waals surface area (Å²) in [5.41, 5.74) is 0.909. The van der Waals surface area contributed by atoms with Crippen molar-refractivity contribution in [3.05, 3.63) is 54.0 Å². The van der Waals surface area contributed by atoms with Crippen molar-refractivity contribution in [1.82, 2.24) is 9.97 Å². The van der Waals surface area contributed by atoms with Crippen LogP contribution in [0.5, 0.6) is 11.6 Å². The molecule has 130 valence electrons. The molecule has 0 aliphatic rings. The number of aliphatic imine (C=N–C) groups is 1. The molecule has 0 unspecified atom stereocenters. The first-order valence-corrected chi connectivity index (χ1v) is 7.96. The molecule has 0 radical (unpaired) electrons. The zero-order valence-corrected chi connectivity index (χ0v) is 15.5. The minimum atomic E-state index is 0.230. The molecule has 2 rings (SSSR count). The highest BCUT2D eigenvalue weighted by Crippen LogP contribution is 2.25. The summed E-state index contributed by atoms with van der Waals surface area (Å²) >= 11 is 5.89. The maximum Gasteiger partial charge on any atom is 0.257 e. The van der Waals surface area contributed by atoms with E-state index >= 15 is 0 Å². The Morgan fingerprint density at radius 3 is 2.32 bits per heavy atom. The number of anilines is 1. The molecule has 0 saturated carbocycles. The van der Waals surface area contributed by atoms with Crippen molar-refractivity contribution in [3.8, 4) is 23.5 Å². The normalized spacial score (nSPS) is 10.4. The van der Waals surface area contributed by atoms with Crippen molar-refractivity contribution in [2.45, 2.75) is 20.8 Å². The van der Waals surface area contributed by atoms with Crippen LogP contribution in [0, 0.1) is 11.8 Å². The van der Waals surface area contributed by atoms with E-state index in [9.17, 15) is 0 Å². The second-order valence-corrected chi connectivity index (χ2v) is 4.87. The van der Waals surface area contributed by atoms with Crippen LogP contribution in [0.3, 0.4) is 0 Å². The summed E-state index contributed by atoms with van der Waals surface area (Å²) in [4.78, 5) is 12.1. The first-order chi connectivity index (χ1) is 12.1. The molecule has 0 bridgehead atoms. The lowest BCUT2D eigenvalue weighted by molar-refractivity contribution is 0.460. The number of hydrogen-bond acceptors (Lipinski definition) is 4. The molecule has 0 aliphatic heterocycles. The van der Waals surface area contributed by atoms with Crippen molar-refractivity contribution in [1.29, 1.82) is 0 Å². The zero-order chi connectivity index (χ0) is 18.5. The second-order valence-electron chi connectivity index (χ2n) is 4.51. The topological polar surface area (TPSA) is 59.4 Å². The highest BCUT2D eigenvalue weighted by Gasteiger charge is 2.05. The van der Waals surface area contributed by atoms with Crippen LogP contribution in [-0.4, -0.2) is 22.9 Å². The SMILES string of the molecule is C/C=C\C(=NC)Nc1ccc(Oc2nccnc2Cl)cc1.CC#CC. The second kappa shape index (κ2) is 11.7. The largest absolute Gasteiger partial charge is 0.436 e. The van der Waals surface area contributed by atoms with Gasteiger partial charge in [0.05, 0.1) is 0 Å². The van der Waals surface area contributed by atoms with Gasteiger partial charge in [-0.1, -0.05) is 17.7 Å². The Morgan fingerprint density at radius 1 is 1.16 bits per heavy atom. The number of benzene rings is 1. The molecule has 1 aromatic heterocycles. The van der Waals surface area contributed by atoms with Gasteiger partial charge in [0.25, 0.3) is 5.88 Å². The predicted octanol–water partition coefficient (Wildman–Crippen LogP) is 4.97. The highest BCUT2D eigenvalue weighted by atomic mass is 35.5. The summed E-state index contributed by atoms with van der Waals surface area (Å²) in [7, 11) is 1.73. The smallest absolute Gasteiger partial charge is 0.257 e.